The summed E-state index contributed by atoms with van der Waals surface area (Å²) >= 11 is 0. The fourth-order valence-corrected chi connectivity index (χ4v) is 0. The van der Waals surface area contributed by atoms with Crippen LogP contribution in [0.25, 0.3) is 0 Å². The van der Waals surface area contributed by atoms with Crippen molar-refractivity contribution in [3.8, 4) is 0 Å². The predicted octanol–water partition coefficient (Wildman–Crippen LogP) is -1.48. The minimum Gasteiger partial charge on any atom is 0 e. The fraction of sp³-hybridized carbons (Fsp3) is 0.500. The Morgan fingerprint density at radius 2 is 1.27 bits per heavy atom. The Morgan fingerprint density at radius 3 is 1.27 bits per heavy atom. The molecule has 0 aliphatic carbocycles. The van der Waals surface area contributed by atoms with Crippen molar-refractivity contribution in [2.45, 2.75) is 6.92 Å². The van der Waals surface area contributed by atoms with Crippen molar-refractivity contribution in [3.63, 3.8) is 0 Å². The number of hydrogen-bond donors (Lipinski definition) is 3. The van der Waals surface area contributed by atoms with Gasteiger partial charge in [0.15, 0.2) is 0 Å². The summed E-state index contributed by atoms with van der Waals surface area (Å²) in [4.78, 5) is 9.00. The molecule has 3 N–H and O–H groups in total. The number of rotatable bonds is 0. The molecular formula is C2H8CaO6SZn. The third-order valence-electron chi connectivity index (χ3n) is 0. The Hall–Kier alpha value is 1.22. The van der Waals surface area contributed by atoms with Gasteiger partial charge in [0, 0.05) is 26.4 Å². The zero-order valence-corrected chi connectivity index (χ0v) is 8.97. The molecule has 0 amide bonds. The Labute approximate surface area is 107 Å². The summed E-state index contributed by atoms with van der Waals surface area (Å²) in [6, 6.07) is 0. The second-order valence-electron chi connectivity index (χ2n) is 0.967. The number of carboxylic acid groups (broad SMARTS) is 1. The van der Waals surface area contributed by atoms with Crippen molar-refractivity contribution in [1.82, 2.24) is 0 Å². The number of hydrogen-bond acceptors (Lipinski definition) is 3. The first-order valence-electron chi connectivity index (χ1n) is 1.63. The Bertz CT molecular complexity index is 163. The van der Waals surface area contributed by atoms with Gasteiger partial charge >= 0.3 is 48.1 Å². The molecule has 0 aliphatic rings. The molecule has 0 aliphatic heterocycles. The summed E-state index contributed by atoms with van der Waals surface area (Å²) in [5.74, 6) is -0.833. The summed E-state index contributed by atoms with van der Waals surface area (Å²) < 4.78 is 31.6. The molecule has 0 fully saturated rings. The zero-order chi connectivity index (χ0) is 8.08. The van der Waals surface area contributed by atoms with E-state index >= 15 is 0 Å². The van der Waals surface area contributed by atoms with Crippen LogP contribution in [0.4, 0.5) is 0 Å². The maximum Gasteiger partial charge on any atom is 0 e. The molecule has 0 rings (SSSR count). The van der Waals surface area contributed by atoms with E-state index in [1.54, 1.807) is 0 Å². The van der Waals surface area contributed by atoms with Crippen molar-refractivity contribution in [2.24, 2.45) is 0 Å². The normalized spacial score (nSPS) is 7.55. The van der Waals surface area contributed by atoms with Gasteiger partial charge in [-0.1, -0.05) is 0 Å². The van der Waals surface area contributed by atoms with Crippen molar-refractivity contribution < 1.29 is 46.9 Å². The molecule has 0 spiro atoms. The van der Waals surface area contributed by atoms with Gasteiger partial charge < -0.3 is 5.11 Å². The Kier molecular flexibility index (Phi) is 23.2. The van der Waals surface area contributed by atoms with Gasteiger partial charge in [0.1, 0.15) is 0 Å². The summed E-state index contributed by atoms with van der Waals surface area (Å²) in [5, 5.41) is 7.42. The summed E-state index contributed by atoms with van der Waals surface area (Å²) in [6.07, 6.45) is 0. The molecule has 0 aromatic carbocycles. The molecule has 0 atom stereocenters. The van der Waals surface area contributed by atoms with Gasteiger partial charge in [-0.25, -0.2) is 0 Å². The SMILES string of the molecule is CC(=O)O.O=S(=O)(O)O.[CaH2].[Zn]. The van der Waals surface area contributed by atoms with Gasteiger partial charge in [0.2, 0.25) is 0 Å². The number of carbonyl (C=O) groups is 1. The molecule has 0 radical (unpaired) electrons. The first kappa shape index (κ1) is 22.8. The smallest absolute Gasteiger partial charge is 0 e. The summed E-state index contributed by atoms with van der Waals surface area (Å²) in [5.41, 5.74) is 0. The fourth-order valence-electron chi connectivity index (χ4n) is 0. The van der Waals surface area contributed by atoms with E-state index in [4.69, 9.17) is 27.4 Å². The third-order valence-corrected chi connectivity index (χ3v) is 0. The Balaban J connectivity index is -0.0000000383. The molecule has 11 heavy (non-hydrogen) atoms. The van der Waals surface area contributed by atoms with E-state index in [-0.39, 0.29) is 57.2 Å². The van der Waals surface area contributed by atoms with Crippen LogP contribution in [0.2, 0.25) is 0 Å². The average molecular weight is 266 g/mol. The van der Waals surface area contributed by atoms with Crippen molar-refractivity contribution in [1.29, 1.82) is 0 Å². The quantitative estimate of drug-likeness (QED) is 0.364. The van der Waals surface area contributed by atoms with Crippen LogP contribution in [0.1, 0.15) is 6.92 Å². The minimum absolute atomic E-state index is 0. The molecule has 0 bridgehead atoms. The van der Waals surface area contributed by atoms with Crippen LogP contribution < -0.4 is 0 Å². The van der Waals surface area contributed by atoms with E-state index in [2.05, 4.69) is 0 Å². The predicted molar refractivity (Wildman–Crippen MR) is 36.0 cm³/mol. The molecule has 0 saturated heterocycles. The van der Waals surface area contributed by atoms with E-state index in [0.29, 0.717) is 0 Å². The topological polar surface area (TPSA) is 112 Å². The van der Waals surface area contributed by atoms with Crippen LogP contribution in [-0.4, -0.2) is 66.3 Å². The minimum atomic E-state index is -4.67. The molecule has 9 heteroatoms. The zero-order valence-electron chi connectivity index (χ0n) is 5.18. The molecule has 62 valence electrons. The van der Waals surface area contributed by atoms with Gasteiger partial charge in [-0.15, -0.1) is 0 Å². The van der Waals surface area contributed by atoms with Gasteiger partial charge in [-0.05, 0) is 0 Å². The Morgan fingerprint density at radius 1 is 1.27 bits per heavy atom. The van der Waals surface area contributed by atoms with Crippen molar-refractivity contribution in [2.75, 3.05) is 0 Å². The molecule has 0 aromatic rings. The number of aliphatic carboxylic acids is 1. The van der Waals surface area contributed by atoms with Crippen LogP contribution in [0, 0.1) is 0 Å². The van der Waals surface area contributed by atoms with E-state index in [9.17, 15) is 0 Å². The first-order chi connectivity index (χ1) is 3.73. The van der Waals surface area contributed by atoms with E-state index in [1.165, 1.54) is 0 Å². The van der Waals surface area contributed by atoms with Gasteiger partial charge in [0.25, 0.3) is 5.97 Å². The molecule has 0 saturated carbocycles. The van der Waals surface area contributed by atoms with E-state index in [1.807, 2.05) is 0 Å². The van der Waals surface area contributed by atoms with Crippen LogP contribution in [0.15, 0.2) is 0 Å². The number of carboxylic acids is 1. The van der Waals surface area contributed by atoms with Crippen LogP contribution in [0.3, 0.4) is 0 Å². The van der Waals surface area contributed by atoms with E-state index in [0.717, 1.165) is 6.92 Å². The van der Waals surface area contributed by atoms with Crippen molar-refractivity contribution >= 4 is 54.1 Å². The second kappa shape index (κ2) is 11.2. The molecular weight excluding hydrogens is 258 g/mol. The largest absolute Gasteiger partial charge is 0 e. The summed E-state index contributed by atoms with van der Waals surface area (Å²) in [6.45, 7) is 1.08. The van der Waals surface area contributed by atoms with Gasteiger partial charge in [0.05, 0.1) is 0 Å². The molecule has 0 unspecified atom stereocenters. The first-order valence-corrected chi connectivity index (χ1v) is 3.02. The van der Waals surface area contributed by atoms with Gasteiger partial charge in [-0.3, -0.25) is 13.9 Å². The monoisotopic (exact) mass is 264 g/mol. The molecule has 0 heterocycles. The maximum atomic E-state index is 9.00. The van der Waals surface area contributed by atoms with Crippen molar-refractivity contribution in [3.05, 3.63) is 0 Å². The van der Waals surface area contributed by atoms with E-state index < -0.39 is 16.4 Å². The molecule has 6 nitrogen and oxygen atoms in total. The second-order valence-corrected chi connectivity index (χ2v) is 1.86. The third kappa shape index (κ3) is 638. The summed E-state index contributed by atoms with van der Waals surface area (Å²) in [7, 11) is -4.67. The molecule has 0 aromatic heterocycles. The average Bonchev–Trinajstić information content (AvgIpc) is 1.19. The van der Waals surface area contributed by atoms with Crippen LogP contribution in [0.5, 0.6) is 0 Å². The standard InChI is InChI=1S/C2H4O2.Ca.H2O4S.Zn.2H/c1-2(3)4;;1-5(2,3)4;;;/h1H3,(H,3,4);;(H2,1,2,3,4);;;. The van der Waals surface area contributed by atoms with Gasteiger partial charge in [-0.2, -0.15) is 8.42 Å². The van der Waals surface area contributed by atoms with Crippen LogP contribution in [-0.2, 0) is 34.7 Å². The maximum absolute atomic E-state index is 9.00. The van der Waals surface area contributed by atoms with Crippen LogP contribution >= 0.6 is 0 Å².